The van der Waals surface area contributed by atoms with Gasteiger partial charge in [-0.1, -0.05) is 36.4 Å². The topological polar surface area (TPSA) is 81.7 Å². The maximum Gasteiger partial charge on any atom is 0.251 e. The van der Waals surface area contributed by atoms with Crippen LogP contribution in [-0.2, 0) is 9.84 Å². The maximum absolute atomic E-state index is 13.1. The molecule has 2 aromatic carbocycles. The third-order valence-electron chi connectivity index (χ3n) is 4.40. The average Bonchev–Trinajstić information content (AvgIpc) is 3.40. The molecular formula is C20H17NO5S2. The van der Waals surface area contributed by atoms with Gasteiger partial charge in [0.15, 0.2) is 21.3 Å². The smallest absolute Gasteiger partial charge is 0.251 e. The van der Waals surface area contributed by atoms with Gasteiger partial charge in [-0.05, 0) is 35.2 Å². The summed E-state index contributed by atoms with van der Waals surface area (Å²) in [5.74, 6) is 0.707. The minimum absolute atomic E-state index is 0.0441. The Morgan fingerprint density at radius 2 is 1.82 bits per heavy atom. The molecule has 0 saturated carbocycles. The lowest BCUT2D eigenvalue weighted by molar-refractivity contribution is 0.0953. The molecule has 1 atom stereocenters. The number of carbonyl (C=O) groups is 1. The minimum atomic E-state index is -3.64. The van der Waals surface area contributed by atoms with Crippen LogP contribution in [-0.4, -0.2) is 27.7 Å². The van der Waals surface area contributed by atoms with E-state index in [1.165, 1.54) is 11.3 Å². The van der Waals surface area contributed by atoms with Crippen molar-refractivity contribution in [3.05, 3.63) is 77.2 Å². The molecule has 1 aromatic heterocycles. The first kappa shape index (κ1) is 18.5. The van der Waals surface area contributed by atoms with Crippen molar-refractivity contribution in [1.82, 2.24) is 5.32 Å². The summed E-state index contributed by atoms with van der Waals surface area (Å²) in [5, 5.41) is 3.59. The summed E-state index contributed by atoms with van der Waals surface area (Å²) in [6.07, 6.45) is 0. The molecule has 0 fully saturated rings. The molecule has 8 heteroatoms. The summed E-state index contributed by atoms with van der Waals surface area (Å²) < 4.78 is 37.0. The van der Waals surface area contributed by atoms with Crippen LogP contribution in [0.2, 0.25) is 0 Å². The van der Waals surface area contributed by atoms with Crippen LogP contribution in [0.25, 0.3) is 0 Å². The fraction of sp³-hybridized carbons (Fsp3) is 0.150. The largest absolute Gasteiger partial charge is 0.454 e. The molecule has 0 bridgehead atoms. The lowest BCUT2D eigenvalue weighted by Gasteiger charge is -2.18. The Morgan fingerprint density at radius 3 is 2.57 bits per heavy atom. The quantitative estimate of drug-likeness (QED) is 0.667. The number of amides is 1. The molecule has 3 aromatic rings. The number of hydrogen-bond acceptors (Lipinski definition) is 6. The summed E-state index contributed by atoms with van der Waals surface area (Å²) >= 11 is 1.17. The molecule has 4 rings (SSSR count). The maximum atomic E-state index is 13.1. The summed E-state index contributed by atoms with van der Waals surface area (Å²) in [4.78, 5) is 12.6. The van der Waals surface area contributed by atoms with Gasteiger partial charge in [-0.2, -0.15) is 0 Å². The number of thiophene rings is 1. The van der Waals surface area contributed by atoms with Crippen LogP contribution in [0, 0.1) is 0 Å². The first-order valence-corrected chi connectivity index (χ1v) is 11.0. The van der Waals surface area contributed by atoms with E-state index in [9.17, 15) is 13.2 Å². The SMILES string of the molecule is O=C(NC[C@@H](c1ccccc1)S(=O)(=O)c1cccs1)c1ccc2c(c1)OCO2. The van der Waals surface area contributed by atoms with Crippen LogP contribution in [0.3, 0.4) is 0 Å². The van der Waals surface area contributed by atoms with Gasteiger partial charge in [0.25, 0.3) is 5.91 Å². The molecule has 1 aliphatic heterocycles. The number of fused-ring (bicyclic) bond motifs is 1. The number of hydrogen-bond donors (Lipinski definition) is 1. The molecule has 28 heavy (non-hydrogen) atoms. The van der Waals surface area contributed by atoms with Gasteiger partial charge in [0, 0.05) is 12.1 Å². The normalized spacial score (nSPS) is 13.9. The Bertz CT molecular complexity index is 1080. The van der Waals surface area contributed by atoms with E-state index in [0.29, 0.717) is 22.6 Å². The van der Waals surface area contributed by atoms with Crippen LogP contribution in [0.5, 0.6) is 11.5 Å². The highest BCUT2D eigenvalue weighted by Crippen LogP contribution is 2.33. The lowest BCUT2D eigenvalue weighted by atomic mass is 10.1. The summed E-state index contributed by atoms with van der Waals surface area (Å²) in [5.41, 5.74) is 1.01. The summed E-state index contributed by atoms with van der Waals surface area (Å²) in [7, 11) is -3.64. The molecule has 0 saturated heterocycles. The third-order valence-corrected chi connectivity index (χ3v) is 7.94. The average molecular weight is 415 g/mol. The van der Waals surface area contributed by atoms with Crippen LogP contribution < -0.4 is 14.8 Å². The molecule has 0 aliphatic carbocycles. The summed E-state index contributed by atoms with van der Waals surface area (Å²) in [6, 6.07) is 17.0. The molecule has 0 spiro atoms. The lowest BCUT2D eigenvalue weighted by Crippen LogP contribution is -2.31. The van der Waals surface area contributed by atoms with Crippen molar-refractivity contribution >= 4 is 27.1 Å². The molecule has 1 amide bonds. The van der Waals surface area contributed by atoms with Crippen molar-refractivity contribution < 1.29 is 22.7 Å². The number of carbonyl (C=O) groups excluding carboxylic acids is 1. The predicted molar refractivity (Wildman–Crippen MR) is 106 cm³/mol. The van der Waals surface area contributed by atoms with Crippen molar-refractivity contribution in [2.45, 2.75) is 9.46 Å². The van der Waals surface area contributed by atoms with Crippen molar-refractivity contribution in [1.29, 1.82) is 0 Å². The zero-order chi connectivity index (χ0) is 19.6. The van der Waals surface area contributed by atoms with E-state index in [2.05, 4.69) is 5.32 Å². The second-order valence-corrected chi connectivity index (χ2v) is 9.46. The Kier molecular flexibility index (Phi) is 5.06. The van der Waals surface area contributed by atoms with Crippen LogP contribution in [0.4, 0.5) is 0 Å². The van der Waals surface area contributed by atoms with E-state index in [1.54, 1.807) is 60.0 Å². The first-order chi connectivity index (χ1) is 13.6. The third kappa shape index (κ3) is 3.61. The predicted octanol–water partition coefficient (Wildman–Crippen LogP) is 3.42. The first-order valence-electron chi connectivity index (χ1n) is 8.56. The second-order valence-electron chi connectivity index (χ2n) is 6.15. The fourth-order valence-corrected chi connectivity index (χ4v) is 5.83. The number of nitrogens with one attached hydrogen (secondary N) is 1. The number of sulfone groups is 1. The summed E-state index contributed by atoms with van der Waals surface area (Å²) in [6.45, 7) is 0.0765. The molecular weight excluding hydrogens is 398 g/mol. The Balaban J connectivity index is 1.57. The van der Waals surface area contributed by atoms with Gasteiger partial charge >= 0.3 is 0 Å². The van der Waals surface area contributed by atoms with Crippen LogP contribution in [0.1, 0.15) is 21.2 Å². The van der Waals surface area contributed by atoms with E-state index in [4.69, 9.17) is 9.47 Å². The van der Waals surface area contributed by atoms with Crippen LogP contribution >= 0.6 is 11.3 Å². The molecule has 1 N–H and O–H groups in total. The van der Waals surface area contributed by atoms with Gasteiger partial charge < -0.3 is 14.8 Å². The van der Waals surface area contributed by atoms with Gasteiger partial charge in [0.05, 0.1) is 0 Å². The highest BCUT2D eigenvalue weighted by atomic mass is 32.2. The van der Waals surface area contributed by atoms with E-state index < -0.39 is 15.1 Å². The molecule has 0 radical (unpaired) electrons. The van der Waals surface area contributed by atoms with Gasteiger partial charge in [-0.3, -0.25) is 4.79 Å². The standard InChI is InChI=1S/C20H17NO5S2/c22-20(15-8-9-16-17(11-15)26-13-25-16)21-12-18(14-5-2-1-3-6-14)28(23,24)19-7-4-10-27-19/h1-11,18H,12-13H2,(H,21,22)/t18-/m0/s1. The molecule has 1 aliphatic rings. The zero-order valence-electron chi connectivity index (χ0n) is 14.7. The van der Waals surface area contributed by atoms with E-state index in [1.807, 2.05) is 6.07 Å². The van der Waals surface area contributed by atoms with Crippen molar-refractivity contribution in [2.75, 3.05) is 13.3 Å². The van der Waals surface area contributed by atoms with E-state index in [0.717, 1.165) is 0 Å². The second kappa shape index (κ2) is 7.65. The van der Waals surface area contributed by atoms with Crippen molar-refractivity contribution in [2.24, 2.45) is 0 Å². The monoisotopic (exact) mass is 415 g/mol. The highest BCUT2D eigenvalue weighted by molar-refractivity contribution is 7.93. The highest BCUT2D eigenvalue weighted by Gasteiger charge is 2.30. The zero-order valence-corrected chi connectivity index (χ0v) is 16.3. The van der Waals surface area contributed by atoms with E-state index >= 15 is 0 Å². The van der Waals surface area contributed by atoms with E-state index in [-0.39, 0.29) is 23.5 Å². The number of rotatable bonds is 6. The minimum Gasteiger partial charge on any atom is -0.454 e. The van der Waals surface area contributed by atoms with Gasteiger partial charge in [0.1, 0.15) is 9.46 Å². The number of benzene rings is 2. The van der Waals surface area contributed by atoms with Gasteiger partial charge in [0.2, 0.25) is 6.79 Å². The van der Waals surface area contributed by atoms with Crippen molar-refractivity contribution in [3.63, 3.8) is 0 Å². The van der Waals surface area contributed by atoms with Crippen molar-refractivity contribution in [3.8, 4) is 11.5 Å². The number of ether oxygens (including phenoxy) is 2. The molecule has 144 valence electrons. The van der Waals surface area contributed by atoms with Gasteiger partial charge in [-0.15, -0.1) is 11.3 Å². The Hall–Kier alpha value is -2.84. The molecule has 2 heterocycles. The molecule has 0 unspecified atom stereocenters. The molecule has 6 nitrogen and oxygen atoms in total. The van der Waals surface area contributed by atoms with Gasteiger partial charge in [-0.25, -0.2) is 8.42 Å². The Morgan fingerprint density at radius 1 is 1.04 bits per heavy atom. The Labute approximate surface area is 166 Å². The fourth-order valence-electron chi connectivity index (χ4n) is 2.97. The van der Waals surface area contributed by atoms with Crippen LogP contribution in [0.15, 0.2) is 70.3 Å².